The normalized spacial score (nSPS) is 18.6. The van der Waals surface area contributed by atoms with Crippen molar-refractivity contribution in [2.24, 2.45) is 5.73 Å². The molecule has 1 aromatic rings. The summed E-state index contributed by atoms with van der Waals surface area (Å²) in [6.07, 6.45) is 0. The van der Waals surface area contributed by atoms with Crippen molar-refractivity contribution in [3.8, 4) is 5.75 Å². The molecule has 4 nitrogen and oxygen atoms in total. The van der Waals surface area contributed by atoms with Gasteiger partial charge in [0.1, 0.15) is 12.4 Å². The molecule has 1 saturated heterocycles. The van der Waals surface area contributed by atoms with Crippen LogP contribution in [0.1, 0.15) is 0 Å². The highest BCUT2D eigenvalue weighted by molar-refractivity contribution is 6.32. The monoisotopic (exact) mass is 270 g/mol. The summed E-state index contributed by atoms with van der Waals surface area (Å²) < 4.78 is 11.1. The topological polar surface area (TPSA) is 47.7 Å². The van der Waals surface area contributed by atoms with Crippen molar-refractivity contribution in [2.45, 2.75) is 6.04 Å². The number of morpholine rings is 1. The first-order chi connectivity index (χ1) is 8.81. The fourth-order valence-electron chi connectivity index (χ4n) is 2.01. The van der Waals surface area contributed by atoms with Crippen LogP contribution >= 0.6 is 11.6 Å². The fourth-order valence-corrected chi connectivity index (χ4v) is 2.20. The summed E-state index contributed by atoms with van der Waals surface area (Å²) in [5.74, 6) is 0.714. The lowest BCUT2D eigenvalue weighted by Gasteiger charge is -2.33. The Morgan fingerprint density at radius 3 is 2.72 bits per heavy atom. The minimum Gasteiger partial charge on any atom is -0.490 e. The lowest BCUT2D eigenvalue weighted by Crippen LogP contribution is -2.49. The van der Waals surface area contributed by atoms with Crippen LogP contribution in [0.5, 0.6) is 5.75 Å². The lowest BCUT2D eigenvalue weighted by atomic mass is 10.2. The Morgan fingerprint density at radius 1 is 1.33 bits per heavy atom. The summed E-state index contributed by atoms with van der Waals surface area (Å²) in [6, 6.07) is 7.70. The van der Waals surface area contributed by atoms with Crippen molar-refractivity contribution in [3.63, 3.8) is 0 Å². The van der Waals surface area contributed by atoms with E-state index in [0.29, 0.717) is 23.9 Å². The van der Waals surface area contributed by atoms with Crippen LogP contribution in [0.2, 0.25) is 5.02 Å². The lowest BCUT2D eigenvalue weighted by molar-refractivity contribution is 0.00825. The molecule has 1 unspecified atom stereocenters. The van der Waals surface area contributed by atoms with Crippen molar-refractivity contribution in [2.75, 3.05) is 39.5 Å². The summed E-state index contributed by atoms with van der Waals surface area (Å²) in [7, 11) is 0. The Balaban J connectivity index is 1.88. The van der Waals surface area contributed by atoms with Crippen LogP contribution in [0.25, 0.3) is 0 Å². The standard InChI is InChI=1S/C13H19ClN2O2/c14-12-3-1-2-4-13(12)18-10-11(9-15)16-5-7-17-8-6-16/h1-4,11H,5-10,15H2. The first kappa shape index (κ1) is 13.6. The van der Waals surface area contributed by atoms with Crippen LogP contribution in [0, 0.1) is 0 Å². The number of hydrogen-bond acceptors (Lipinski definition) is 4. The van der Waals surface area contributed by atoms with E-state index < -0.39 is 0 Å². The molecule has 1 aromatic carbocycles. The van der Waals surface area contributed by atoms with Gasteiger partial charge in [-0.15, -0.1) is 0 Å². The second kappa shape index (κ2) is 6.95. The van der Waals surface area contributed by atoms with Gasteiger partial charge in [-0.1, -0.05) is 23.7 Å². The zero-order chi connectivity index (χ0) is 12.8. The average Bonchev–Trinajstić information content (AvgIpc) is 2.42. The van der Waals surface area contributed by atoms with Crippen molar-refractivity contribution in [1.29, 1.82) is 0 Å². The minimum absolute atomic E-state index is 0.213. The van der Waals surface area contributed by atoms with E-state index in [1.807, 2.05) is 24.3 Å². The summed E-state index contributed by atoms with van der Waals surface area (Å²) in [6.45, 7) is 4.48. The van der Waals surface area contributed by atoms with E-state index in [1.54, 1.807) is 0 Å². The van der Waals surface area contributed by atoms with Crippen LogP contribution < -0.4 is 10.5 Å². The molecule has 0 saturated carbocycles. The van der Waals surface area contributed by atoms with E-state index in [4.69, 9.17) is 26.8 Å². The number of halogens is 1. The van der Waals surface area contributed by atoms with Gasteiger partial charge < -0.3 is 15.2 Å². The summed E-state index contributed by atoms with van der Waals surface area (Å²) in [5.41, 5.74) is 5.81. The predicted molar refractivity (Wildman–Crippen MR) is 72.2 cm³/mol. The minimum atomic E-state index is 0.213. The first-order valence-electron chi connectivity index (χ1n) is 6.20. The average molecular weight is 271 g/mol. The molecular formula is C13H19ClN2O2. The Kier molecular flexibility index (Phi) is 5.26. The third kappa shape index (κ3) is 3.59. The third-order valence-electron chi connectivity index (χ3n) is 3.10. The van der Waals surface area contributed by atoms with Crippen LogP contribution in [-0.2, 0) is 4.74 Å². The van der Waals surface area contributed by atoms with Gasteiger partial charge in [0.25, 0.3) is 0 Å². The highest BCUT2D eigenvalue weighted by atomic mass is 35.5. The number of nitrogens with two attached hydrogens (primary N) is 1. The van der Waals surface area contributed by atoms with Gasteiger partial charge >= 0.3 is 0 Å². The van der Waals surface area contributed by atoms with Crippen LogP contribution in [0.3, 0.4) is 0 Å². The molecule has 0 spiro atoms. The van der Waals surface area contributed by atoms with E-state index in [-0.39, 0.29) is 6.04 Å². The van der Waals surface area contributed by atoms with Crippen LogP contribution in [-0.4, -0.2) is 50.4 Å². The number of ether oxygens (including phenoxy) is 2. The van der Waals surface area contributed by atoms with E-state index in [1.165, 1.54) is 0 Å². The predicted octanol–water partition coefficient (Wildman–Crippen LogP) is 1.38. The molecule has 1 heterocycles. The van der Waals surface area contributed by atoms with Gasteiger partial charge in [-0.2, -0.15) is 0 Å². The molecule has 1 aliphatic heterocycles. The van der Waals surface area contributed by atoms with Gasteiger partial charge in [0.2, 0.25) is 0 Å². The SMILES string of the molecule is NCC(COc1ccccc1Cl)N1CCOCC1. The summed E-state index contributed by atoms with van der Waals surface area (Å²) in [5, 5.41) is 0.634. The maximum atomic E-state index is 6.05. The molecule has 0 radical (unpaired) electrons. The molecule has 100 valence electrons. The quantitative estimate of drug-likeness (QED) is 0.878. The molecule has 2 N–H and O–H groups in total. The smallest absolute Gasteiger partial charge is 0.137 e. The number of benzene rings is 1. The molecule has 1 aliphatic rings. The number of rotatable bonds is 5. The maximum absolute atomic E-state index is 6.05. The van der Waals surface area contributed by atoms with E-state index in [0.717, 1.165) is 26.3 Å². The number of nitrogens with zero attached hydrogens (tertiary/aromatic N) is 1. The van der Waals surface area contributed by atoms with E-state index in [2.05, 4.69) is 4.90 Å². The maximum Gasteiger partial charge on any atom is 0.137 e. The molecule has 2 rings (SSSR count). The highest BCUT2D eigenvalue weighted by Crippen LogP contribution is 2.23. The molecule has 0 aliphatic carbocycles. The van der Waals surface area contributed by atoms with Gasteiger partial charge in [0.15, 0.2) is 0 Å². The largest absolute Gasteiger partial charge is 0.490 e. The summed E-state index contributed by atoms with van der Waals surface area (Å²) in [4.78, 5) is 2.31. The third-order valence-corrected chi connectivity index (χ3v) is 3.41. The first-order valence-corrected chi connectivity index (χ1v) is 6.58. The molecule has 1 fully saturated rings. The Hall–Kier alpha value is -0.810. The van der Waals surface area contributed by atoms with Crippen molar-refractivity contribution < 1.29 is 9.47 Å². The molecular weight excluding hydrogens is 252 g/mol. The zero-order valence-electron chi connectivity index (χ0n) is 10.3. The zero-order valence-corrected chi connectivity index (χ0v) is 11.1. The molecule has 5 heteroatoms. The number of hydrogen-bond donors (Lipinski definition) is 1. The van der Waals surface area contributed by atoms with Gasteiger partial charge in [-0.05, 0) is 12.1 Å². The van der Waals surface area contributed by atoms with E-state index in [9.17, 15) is 0 Å². The molecule has 1 atom stereocenters. The summed E-state index contributed by atoms with van der Waals surface area (Å²) >= 11 is 6.05. The van der Waals surface area contributed by atoms with Gasteiger partial charge in [-0.3, -0.25) is 4.90 Å². The van der Waals surface area contributed by atoms with Gasteiger partial charge in [-0.25, -0.2) is 0 Å². The van der Waals surface area contributed by atoms with Gasteiger partial charge in [0, 0.05) is 19.6 Å². The molecule has 0 bridgehead atoms. The second-order valence-corrected chi connectivity index (χ2v) is 4.69. The molecule has 0 amide bonds. The Bertz CT molecular complexity index is 370. The van der Waals surface area contributed by atoms with Crippen molar-refractivity contribution in [1.82, 2.24) is 4.90 Å². The Morgan fingerprint density at radius 2 is 2.06 bits per heavy atom. The Labute approximate surface area is 113 Å². The number of para-hydroxylation sites is 1. The molecule has 18 heavy (non-hydrogen) atoms. The van der Waals surface area contributed by atoms with Gasteiger partial charge in [0.05, 0.1) is 24.3 Å². The second-order valence-electron chi connectivity index (χ2n) is 4.28. The van der Waals surface area contributed by atoms with Crippen molar-refractivity contribution in [3.05, 3.63) is 29.3 Å². The van der Waals surface area contributed by atoms with Crippen LogP contribution in [0.15, 0.2) is 24.3 Å². The highest BCUT2D eigenvalue weighted by Gasteiger charge is 2.20. The van der Waals surface area contributed by atoms with Crippen molar-refractivity contribution >= 4 is 11.6 Å². The van der Waals surface area contributed by atoms with Crippen LogP contribution in [0.4, 0.5) is 0 Å². The fraction of sp³-hybridized carbons (Fsp3) is 0.538. The molecule has 0 aromatic heterocycles. The van der Waals surface area contributed by atoms with E-state index >= 15 is 0 Å².